The number of rotatable bonds is 4. The molecule has 3 rings (SSSR count). The number of aliphatic hydroxyl groups is 1. The largest absolute Gasteiger partial charge is 0.390 e. The Kier molecular flexibility index (Phi) is 3.89. The van der Waals surface area contributed by atoms with Crippen LogP contribution < -0.4 is 5.32 Å². The summed E-state index contributed by atoms with van der Waals surface area (Å²) in [6, 6.07) is 6.92. The molecule has 1 spiro atoms. The number of allylic oxidation sites excluding steroid dienone is 2. The standard InChI is InChI=1S/C19H23NO4/c1-11(2)9-10-13(18(3,4)23)16-19(24-16)15(21)12-7-5-6-8-14(12)20-17(19)22/h5-9,13,16,23H,10H2,1-4H3,(H,20,22)/t13-,16-,19+/m0/s1. The molecule has 0 aromatic heterocycles. The van der Waals surface area contributed by atoms with Crippen molar-refractivity contribution in [3.63, 3.8) is 0 Å². The number of amides is 1. The lowest BCUT2D eigenvalue weighted by Crippen LogP contribution is -2.48. The Bertz CT molecular complexity index is 727. The van der Waals surface area contributed by atoms with Crippen molar-refractivity contribution in [1.29, 1.82) is 0 Å². The lowest BCUT2D eigenvalue weighted by atomic mass is 9.77. The third-order valence-electron chi connectivity index (χ3n) is 4.80. The lowest BCUT2D eigenvalue weighted by Gasteiger charge is -2.29. The average molecular weight is 329 g/mol. The van der Waals surface area contributed by atoms with Crippen molar-refractivity contribution >= 4 is 17.4 Å². The molecular formula is C19H23NO4. The number of para-hydroxylation sites is 1. The van der Waals surface area contributed by atoms with E-state index in [-0.39, 0.29) is 11.7 Å². The number of carbonyl (C=O) groups excluding carboxylic acids is 2. The molecule has 0 saturated carbocycles. The van der Waals surface area contributed by atoms with Gasteiger partial charge in [-0.3, -0.25) is 9.59 Å². The maximum Gasteiger partial charge on any atom is 0.267 e. The highest BCUT2D eigenvalue weighted by Crippen LogP contribution is 2.51. The Labute approximate surface area is 141 Å². The van der Waals surface area contributed by atoms with E-state index in [0.29, 0.717) is 17.7 Å². The molecule has 0 aliphatic carbocycles. The molecule has 1 saturated heterocycles. The summed E-state index contributed by atoms with van der Waals surface area (Å²) in [6.45, 7) is 7.31. The molecule has 24 heavy (non-hydrogen) atoms. The molecule has 5 nitrogen and oxygen atoms in total. The van der Waals surface area contributed by atoms with Gasteiger partial charge in [0.1, 0.15) is 6.10 Å². The quantitative estimate of drug-likeness (QED) is 0.506. The van der Waals surface area contributed by atoms with Crippen molar-refractivity contribution < 1.29 is 19.4 Å². The van der Waals surface area contributed by atoms with Crippen LogP contribution in [0.1, 0.15) is 44.5 Å². The van der Waals surface area contributed by atoms with Gasteiger partial charge in [0.05, 0.1) is 11.3 Å². The summed E-state index contributed by atoms with van der Waals surface area (Å²) >= 11 is 0. The van der Waals surface area contributed by atoms with E-state index in [9.17, 15) is 14.7 Å². The molecule has 1 aromatic carbocycles. The van der Waals surface area contributed by atoms with Gasteiger partial charge in [-0.1, -0.05) is 23.8 Å². The Morgan fingerprint density at radius 3 is 2.67 bits per heavy atom. The molecular weight excluding hydrogens is 306 g/mol. The monoisotopic (exact) mass is 329 g/mol. The third kappa shape index (κ3) is 2.58. The van der Waals surface area contributed by atoms with Crippen LogP contribution in [0, 0.1) is 5.92 Å². The number of epoxide rings is 1. The smallest absolute Gasteiger partial charge is 0.267 e. The van der Waals surface area contributed by atoms with Crippen LogP contribution in [0.15, 0.2) is 35.9 Å². The Hall–Kier alpha value is -1.98. The number of anilines is 1. The maximum absolute atomic E-state index is 12.9. The first-order chi connectivity index (χ1) is 11.2. The number of hydrogen-bond acceptors (Lipinski definition) is 4. The van der Waals surface area contributed by atoms with Crippen molar-refractivity contribution in [2.24, 2.45) is 5.92 Å². The fourth-order valence-electron chi connectivity index (χ4n) is 3.35. The van der Waals surface area contributed by atoms with Crippen LogP contribution in [0.3, 0.4) is 0 Å². The highest BCUT2D eigenvalue weighted by molar-refractivity contribution is 6.28. The number of ketones is 1. The fourth-order valence-corrected chi connectivity index (χ4v) is 3.35. The van der Waals surface area contributed by atoms with E-state index < -0.39 is 23.2 Å². The van der Waals surface area contributed by atoms with Crippen LogP contribution >= 0.6 is 0 Å². The minimum Gasteiger partial charge on any atom is -0.390 e. The molecule has 2 aliphatic heterocycles. The van der Waals surface area contributed by atoms with Gasteiger partial charge in [0, 0.05) is 11.5 Å². The lowest BCUT2D eigenvalue weighted by molar-refractivity contribution is -0.119. The van der Waals surface area contributed by atoms with Crippen molar-refractivity contribution in [2.45, 2.75) is 51.4 Å². The third-order valence-corrected chi connectivity index (χ3v) is 4.80. The summed E-state index contributed by atoms with van der Waals surface area (Å²) in [4.78, 5) is 25.5. The second-order valence-electron chi connectivity index (χ2n) is 7.38. The number of nitrogens with one attached hydrogen (secondary N) is 1. The molecule has 5 heteroatoms. The Morgan fingerprint density at radius 2 is 2.04 bits per heavy atom. The predicted molar refractivity (Wildman–Crippen MR) is 90.8 cm³/mol. The first-order valence-electron chi connectivity index (χ1n) is 8.16. The number of carbonyl (C=O) groups is 2. The Morgan fingerprint density at radius 1 is 1.38 bits per heavy atom. The average Bonchev–Trinajstić information content (AvgIpc) is 3.20. The summed E-state index contributed by atoms with van der Waals surface area (Å²) in [5.74, 6) is -1.12. The van der Waals surface area contributed by atoms with Gasteiger partial charge in [0.2, 0.25) is 11.4 Å². The van der Waals surface area contributed by atoms with Crippen molar-refractivity contribution in [2.75, 3.05) is 5.32 Å². The molecule has 0 radical (unpaired) electrons. The number of fused-ring (bicyclic) bond motifs is 1. The van der Waals surface area contributed by atoms with Gasteiger partial charge in [0.25, 0.3) is 5.91 Å². The van der Waals surface area contributed by atoms with Crippen LogP contribution in [-0.4, -0.2) is 34.1 Å². The van der Waals surface area contributed by atoms with Crippen molar-refractivity contribution in [3.8, 4) is 0 Å². The minimum absolute atomic E-state index is 0.321. The van der Waals surface area contributed by atoms with Crippen LogP contribution in [0.4, 0.5) is 5.69 Å². The normalized spacial score (nSPS) is 26.6. The van der Waals surface area contributed by atoms with Gasteiger partial charge in [0.15, 0.2) is 0 Å². The van der Waals surface area contributed by atoms with Crippen molar-refractivity contribution in [1.82, 2.24) is 0 Å². The fraction of sp³-hybridized carbons (Fsp3) is 0.474. The van der Waals surface area contributed by atoms with Gasteiger partial charge in [-0.05, 0) is 46.2 Å². The molecule has 2 N–H and O–H groups in total. The molecule has 3 atom stereocenters. The summed E-state index contributed by atoms with van der Waals surface area (Å²) in [7, 11) is 0. The highest BCUT2D eigenvalue weighted by Gasteiger charge is 2.73. The summed E-state index contributed by atoms with van der Waals surface area (Å²) in [5, 5.41) is 13.3. The maximum atomic E-state index is 12.9. The van der Waals surface area contributed by atoms with E-state index in [1.807, 2.05) is 19.9 Å². The number of benzene rings is 1. The molecule has 2 heterocycles. The minimum atomic E-state index is -1.51. The Balaban J connectivity index is 1.95. The predicted octanol–water partition coefficient (Wildman–Crippen LogP) is 2.70. The van der Waals surface area contributed by atoms with E-state index >= 15 is 0 Å². The zero-order valence-electron chi connectivity index (χ0n) is 14.4. The number of hydrogen-bond donors (Lipinski definition) is 2. The molecule has 2 aliphatic rings. The summed E-state index contributed by atoms with van der Waals surface area (Å²) in [6.07, 6.45) is 1.91. The second-order valence-corrected chi connectivity index (χ2v) is 7.38. The van der Waals surface area contributed by atoms with Gasteiger partial charge >= 0.3 is 0 Å². The summed E-state index contributed by atoms with van der Waals surface area (Å²) in [5.41, 5.74) is -0.497. The van der Waals surface area contributed by atoms with Crippen LogP contribution in [0.25, 0.3) is 0 Å². The molecule has 1 fully saturated rings. The van der Waals surface area contributed by atoms with E-state index in [4.69, 9.17) is 4.74 Å². The van der Waals surface area contributed by atoms with Gasteiger partial charge in [-0.25, -0.2) is 0 Å². The molecule has 128 valence electrons. The second kappa shape index (κ2) is 5.53. The first kappa shape index (κ1) is 16.9. The summed E-state index contributed by atoms with van der Waals surface area (Å²) < 4.78 is 5.70. The van der Waals surface area contributed by atoms with E-state index in [1.165, 1.54) is 0 Å². The van der Waals surface area contributed by atoms with E-state index in [1.54, 1.807) is 38.1 Å². The molecule has 1 aromatic rings. The van der Waals surface area contributed by atoms with Gasteiger partial charge in [-0.2, -0.15) is 0 Å². The van der Waals surface area contributed by atoms with E-state index in [0.717, 1.165) is 5.57 Å². The molecule has 0 bridgehead atoms. The first-order valence-corrected chi connectivity index (χ1v) is 8.16. The van der Waals surface area contributed by atoms with Gasteiger partial charge < -0.3 is 15.2 Å². The van der Waals surface area contributed by atoms with Gasteiger partial charge in [-0.15, -0.1) is 0 Å². The SMILES string of the molecule is CC(C)=CC[C@@H]([C@@H]1O[C@@]12C(=O)Nc1ccccc1C2=O)C(C)(C)O. The molecule has 1 amide bonds. The topological polar surface area (TPSA) is 78.9 Å². The van der Waals surface area contributed by atoms with Crippen LogP contribution in [-0.2, 0) is 9.53 Å². The zero-order valence-corrected chi connectivity index (χ0v) is 14.4. The van der Waals surface area contributed by atoms with Crippen LogP contribution in [0.2, 0.25) is 0 Å². The zero-order chi connectivity index (χ0) is 17.7. The van der Waals surface area contributed by atoms with Crippen LogP contribution in [0.5, 0.6) is 0 Å². The highest BCUT2D eigenvalue weighted by atomic mass is 16.6. The number of Topliss-reactive ketones (excluding diaryl/α,β-unsaturated/α-hetero) is 1. The molecule has 0 unspecified atom stereocenters. The van der Waals surface area contributed by atoms with E-state index in [2.05, 4.69) is 5.32 Å². The van der Waals surface area contributed by atoms with Crippen molar-refractivity contribution in [3.05, 3.63) is 41.5 Å². The number of ether oxygens (including phenoxy) is 1.